The van der Waals surface area contributed by atoms with Gasteiger partial charge in [0.25, 0.3) is 5.91 Å². The molecule has 1 fully saturated rings. The maximum atomic E-state index is 12.7. The van der Waals surface area contributed by atoms with E-state index < -0.39 is 0 Å². The van der Waals surface area contributed by atoms with E-state index in [0.717, 1.165) is 64.1 Å². The number of piperidine rings is 1. The number of hydrogen-bond acceptors (Lipinski definition) is 4. The van der Waals surface area contributed by atoms with E-state index in [1.54, 1.807) is 6.20 Å². The predicted octanol–water partition coefficient (Wildman–Crippen LogP) is 3.10. The highest BCUT2D eigenvalue weighted by atomic mass is 16.2. The van der Waals surface area contributed by atoms with E-state index >= 15 is 0 Å². The lowest BCUT2D eigenvalue weighted by Gasteiger charge is -2.35. The van der Waals surface area contributed by atoms with E-state index in [1.165, 1.54) is 22.4 Å². The molecular formula is C24H28N4O. The van der Waals surface area contributed by atoms with E-state index in [4.69, 9.17) is 4.99 Å². The number of fused-ring (bicyclic) bond motifs is 2. The molecule has 0 aliphatic carbocycles. The lowest BCUT2D eigenvalue weighted by Crippen LogP contribution is -2.45. The first kappa shape index (κ1) is 18.5. The van der Waals surface area contributed by atoms with Crippen LogP contribution in [0, 0.1) is 12.8 Å². The van der Waals surface area contributed by atoms with Gasteiger partial charge in [-0.1, -0.05) is 24.3 Å². The first-order valence-corrected chi connectivity index (χ1v) is 10.8. The summed E-state index contributed by atoms with van der Waals surface area (Å²) in [4.78, 5) is 26.4. The van der Waals surface area contributed by atoms with Crippen LogP contribution in [0.3, 0.4) is 0 Å². The molecule has 0 unspecified atom stereocenters. The van der Waals surface area contributed by atoms with E-state index in [2.05, 4.69) is 35.0 Å². The van der Waals surface area contributed by atoms with Gasteiger partial charge >= 0.3 is 0 Å². The first-order valence-electron chi connectivity index (χ1n) is 10.8. The molecule has 5 nitrogen and oxygen atoms in total. The van der Waals surface area contributed by atoms with Gasteiger partial charge in [-0.15, -0.1) is 0 Å². The third-order valence-corrected chi connectivity index (χ3v) is 6.79. The summed E-state index contributed by atoms with van der Waals surface area (Å²) < 4.78 is 0. The number of benzene rings is 1. The Morgan fingerprint density at radius 3 is 2.79 bits per heavy atom. The molecule has 0 N–H and O–H groups in total. The third kappa shape index (κ3) is 3.48. The zero-order chi connectivity index (χ0) is 19.8. The number of carbonyl (C=O) groups is 1. The van der Waals surface area contributed by atoms with E-state index in [0.29, 0.717) is 11.6 Å². The van der Waals surface area contributed by atoms with Crippen LogP contribution in [-0.4, -0.2) is 59.1 Å². The van der Waals surface area contributed by atoms with Crippen molar-refractivity contribution < 1.29 is 4.79 Å². The van der Waals surface area contributed by atoms with Gasteiger partial charge in [0.15, 0.2) is 0 Å². The van der Waals surface area contributed by atoms with Crippen molar-refractivity contribution in [2.24, 2.45) is 10.9 Å². The Morgan fingerprint density at radius 2 is 1.93 bits per heavy atom. The molecule has 150 valence electrons. The van der Waals surface area contributed by atoms with Crippen molar-refractivity contribution >= 4 is 11.6 Å². The van der Waals surface area contributed by atoms with Crippen molar-refractivity contribution in [2.75, 3.05) is 32.7 Å². The highest BCUT2D eigenvalue weighted by molar-refractivity contribution is 6.05. The largest absolute Gasteiger partial charge is 0.336 e. The number of aliphatic imine (C=N–C) groups is 1. The quantitative estimate of drug-likeness (QED) is 0.809. The van der Waals surface area contributed by atoms with Gasteiger partial charge in [0.05, 0.1) is 6.54 Å². The van der Waals surface area contributed by atoms with Gasteiger partial charge in [0.2, 0.25) is 0 Å². The second kappa shape index (κ2) is 7.71. The number of pyridine rings is 1. The second-order valence-electron chi connectivity index (χ2n) is 8.47. The summed E-state index contributed by atoms with van der Waals surface area (Å²) in [7, 11) is 0. The van der Waals surface area contributed by atoms with Crippen LogP contribution in [0.5, 0.6) is 0 Å². The Bertz CT molecular complexity index is 959. The van der Waals surface area contributed by atoms with Crippen LogP contribution in [0.4, 0.5) is 0 Å². The molecule has 4 heterocycles. The molecule has 1 aromatic carbocycles. The molecule has 1 aromatic heterocycles. The molecule has 0 bridgehead atoms. The minimum absolute atomic E-state index is 0.0917. The normalized spacial score (nSPS) is 19.8. The molecule has 0 spiro atoms. The van der Waals surface area contributed by atoms with Crippen molar-refractivity contribution in [3.63, 3.8) is 0 Å². The molecule has 1 saturated heterocycles. The lowest BCUT2D eigenvalue weighted by atomic mass is 9.87. The molecule has 5 rings (SSSR count). The number of likely N-dealkylation sites (tertiary alicyclic amines) is 1. The van der Waals surface area contributed by atoms with Crippen LogP contribution < -0.4 is 0 Å². The minimum atomic E-state index is 0.0917. The van der Waals surface area contributed by atoms with E-state index in [-0.39, 0.29) is 5.91 Å². The molecule has 0 saturated carbocycles. The fraction of sp³-hybridized carbons (Fsp3) is 0.458. The molecule has 2 aromatic rings. The highest BCUT2D eigenvalue weighted by Gasteiger charge is 2.29. The van der Waals surface area contributed by atoms with Crippen LogP contribution in [0.25, 0.3) is 0 Å². The molecule has 5 heteroatoms. The van der Waals surface area contributed by atoms with Crippen molar-refractivity contribution in [3.05, 3.63) is 64.5 Å². The minimum Gasteiger partial charge on any atom is -0.336 e. The first-order chi connectivity index (χ1) is 14.2. The van der Waals surface area contributed by atoms with Gasteiger partial charge in [-0.25, -0.2) is 0 Å². The van der Waals surface area contributed by atoms with Crippen LogP contribution in [0.2, 0.25) is 0 Å². The Labute approximate surface area is 172 Å². The zero-order valence-corrected chi connectivity index (χ0v) is 17.1. The summed E-state index contributed by atoms with van der Waals surface area (Å²) in [5.74, 6) is 0.663. The number of aromatic nitrogens is 1. The average Bonchev–Trinajstić information content (AvgIpc) is 3.19. The summed E-state index contributed by atoms with van der Waals surface area (Å²) in [6, 6.07) is 10.5. The van der Waals surface area contributed by atoms with Gasteiger partial charge in [-0.05, 0) is 62.0 Å². The third-order valence-electron chi connectivity index (χ3n) is 6.79. The van der Waals surface area contributed by atoms with Crippen molar-refractivity contribution in [1.29, 1.82) is 0 Å². The van der Waals surface area contributed by atoms with Gasteiger partial charge in [0, 0.05) is 43.0 Å². The molecule has 3 aliphatic rings. The maximum Gasteiger partial charge on any atom is 0.272 e. The van der Waals surface area contributed by atoms with Crippen molar-refractivity contribution in [1.82, 2.24) is 14.8 Å². The fourth-order valence-electron chi connectivity index (χ4n) is 5.00. The molecule has 29 heavy (non-hydrogen) atoms. The van der Waals surface area contributed by atoms with Crippen LogP contribution in [0.1, 0.15) is 45.6 Å². The van der Waals surface area contributed by atoms with Gasteiger partial charge < -0.3 is 9.80 Å². The maximum absolute atomic E-state index is 12.7. The number of carbonyl (C=O) groups excluding carboxylic acids is 1. The predicted molar refractivity (Wildman–Crippen MR) is 114 cm³/mol. The van der Waals surface area contributed by atoms with Crippen molar-refractivity contribution in [3.8, 4) is 0 Å². The summed E-state index contributed by atoms with van der Waals surface area (Å²) >= 11 is 0. The number of hydrogen-bond donors (Lipinski definition) is 0. The van der Waals surface area contributed by atoms with Gasteiger partial charge in [0.1, 0.15) is 5.69 Å². The molecule has 3 aliphatic heterocycles. The Hall–Kier alpha value is -2.53. The lowest BCUT2D eigenvalue weighted by molar-refractivity contribution is 0.0703. The number of nitrogens with zero attached hydrogens (tertiary/aromatic N) is 4. The summed E-state index contributed by atoms with van der Waals surface area (Å²) in [5.41, 5.74) is 7.22. The number of amides is 1. The SMILES string of the molecule is Cc1cccc2c1CN=C2C1CCN(CCN2CCc3cccnc3C2=O)CC1. The smallest absolute Gasteiger partial charge is 0.272 e. The molecule has 0 radical (unpaired) electrons. The fourth-order valence-corrected chi connectivity index (χ4v) is 5.00. The zero-order valence-electron chi connectivity index (χ0n) is 17.1. The Balaban J connectivity index is 1.15. The van der Waals surface area contributed by atoms with Gasteiger partial charge in [-0.3, -0.25) is 14.8 Å². The van der Waals surface area contributed by atoms with Crippen LogP contribution in [0.15, 0.2) is 41.5 Å². The molecular weight excluding hydrogens is 360 g/mol. The molecule has 1 amide bonds. The number of rotatable bonds is 4. The number of aryl methyl sites for hydroxylation is 1. The standard InChI is InChI=1S/C24H28N4O/c1-17-4-2-6-20-21(17)16-26-22(20)19-7-11-27(12-8-19)14-15-28-13-9-18-5-3-10-25-23(18)24(28)29/h2-6,10,19H,7-9,11-16H2,1H3. The van der Waals surface area contributed by atoms with Gasteiger partial charge in [-0.2, -0.15) is 0 Å². The van der Waals surface area contributed by atoms with E-state index in [9.17, 15) is 4.79 Å². The average molecular weight is 389 g/mol. The van der Waals surface area contributed by atoms with E-state index in [1.807, 2.05) is 17.0 Å². The monoisotopic (exact) mass is 388 g/mol. The highest BCUT2D eigenvalue weighted by Crippen LogP contribution is 2.30. The Kier molecular flexibility index (Phi) is 4.92. The molecule has 0 atom stereocenters. The topological polar surface area (TPSA) is 48.8 Å². The van der Waals surface area contributed by atoms with Crippen LogP contribution in [-0.2, 0) is 13.0 Å². The summed E-state index contributed by atoms with van der Waals surface area (Å²) in [5, 5.41) is 0. The van der Waals surface area contributed by atoms with Crippen LogP contribution >= 0.6 is 0 Å². The van der Waals surface area contributed by atoms with Crippen molar-refractivity contribution in [2.45, 2.75) is 32.7 Å². The Morgan fingerprint density at radius 1 is 1.07 bits per heavy atom. The second-order valence-corrected chi connectivity index (χ2v) is 8.47. The summed E-state index contributed by atoms with van der Waals surface area (Å²) in [6.45, 7) is 7.76. The summed E-state index contributed by atoms with van der Waals surface area (Å²) in [6.07, 6.45) is 4.95.